The number of carbonyl (C=O) groups excluding carboxylic acids is 2. The molecule has 1 aliphatic carbocycles. The number of fused-ring (bicyclic) bond motifs is 1. The summed E-state index contributed by atoms with van der Waals surface area (Å²) in [6.45, 7) is 8.04. The molecular formula is C32H37F4N5O3. The molecule has 2 amide bonds. The minimum absolute atomic E-state index is 0.0770. The van der Waals surface area contributed by atoms with Crippen LogP contribution in [0.2, 0.25) is 0 Å². The Hall–Kier alpha value is -3.96. The summed E-state index contributed by atoms with van der Waals surface area (Å²) in [6.07, 6.45) is -2.98. The summed E-state index contributed by atoms with van der Waals surface area (Å²) >= 11 is 0. The molecule has 1 saturated carbocycles. The van der Waals surface area contributed by atoms with Gasteiger partial charge in [-0.05, 0) is 94.8 Å². The van der Waals surface area contributed by atoms with Crippen LogP contribution >= 0.6 is 0 Å². The lowest BCUT2D eigenvalue weighted by Crippen LogP contribution is -2.54. The van der Waals surface area contributed by atoms with Crippen molar-refractivity contribution in [2.45, 2.75) is 96.4 Å². The van der Waals surface area contributed by atoms with Crippen LogP contribution in [0, 0.1) is 0 Å². The summed E-state index contributed by atoms with van der Waals surface area (Å²) in [5.41, 5.74) is -1.46. The third kappa shape index (κ3) is 6.03. The molecule has 1 aromatic heterocycles. The number of aryl methyl sites for hydroxylation is 1. The van der Waals surface area contributed by atoms with Crippen molar-refractivity contribution < 1.29 is 31.9 Å². The molecule has 2 unspecified atom stereocenters. The first-order valence-electron chi connectivity index (χ1n) is 14.6. The SMILES string of the molecule is CC(F)C(c1cccc(N2Cc3c(cc(CN(C(=O)OC(C)(C)C)C4(C)CCC4)cc3C(F)(F)F)C2=O)c1)c1nncn1C. The first-order chi connectivity index (χ1) is 20.5. The predicted octanol–water partition coefficient (Wildman–Crippen LogP) is 7.16. The van der Waals surface area contributed by atoms with Gasteiger partial charge in [0.1, 0.15) is 23.9 Å². The lowest BCUT2D eigenvalue weighted by atomic mass is 9.77. The van der Waals surface area contributed by atoms with Crippen molar-refractivity contribution in [3.63, 3.8) is 0 Å². The van der Waals surface area contributed by atoms with E-state index in [2.05, 4.69) is 10.2 Å². The Bertz CT molecular complexity index is 1570. The van der Waals surface area contributed by atoms with Gasteiger partial charge in [-0.25, -0.2) is 9.18 Å². The largest absolute Gasteiger partial charge is 0.444 e. The van der Waals surface area contributed by atoms with Gasteiger partial charge in [-0.1, -0.05) is 12.1 Å². The third-order valence-electron chi connectivity index (χ3n) is 8.47. The average molecular weight is 616 g/mol. The molecule has 0 N–H and O–H groups in total. The number of amides is 2. The Labute approximate surface area is 254 Å². The second kappa shape index (κ2) is 11.2. The molecule has 8 nitrogen and oxygen atoms in total. The van der Waals surface area contributed by atoms with Crippen LogP contribution in [0.1, 0.15) is 98.2 Å². The van der Waals surface area contributed by atoms with Gasteiger partial charge in [-0.2, -0.15) is 13.2 Å². The number of carbonyl (C=O) groups is 2. The van der Waals surface area contributed by atoms with Crippen molar-refractivity contribution in [1.29, 1.82) is 0 Å². The number of benzene rings is 2. The van der Waals surface area contributed by atoms with Crippen molar-refractivity contribution in [3.05, 3.63) is 76.4 Å². The molecule has 0 spiro atoms. The van der Waals surface area contributed by atoms with Gasteiger partial charge in [0.2, 0.25) is 0 Å². The van der Waals surface area contributed by atoms with E-state index in [0.717, 1.165) is 12.5 Å². The lowest BCUT2D eigenvalue weighted by molar-refractivity contribution is -0.138. The van der Waals surface area contributed by atoms with Crippen molar-refractivity contribution in [2.75, 3.05) is 4.90 Å². The first-order valence-corrected chi connectivity index (χ1v) is 14.6. The molecule has 1 fully saturated rings. The monoisotopic (exact) mass is 615 g/mol. The Kier molecular flexibility index (Phi) is 8.00. The van der Waals surface area contributed by atoms with E-state index in [1.54, 1.807) is 56.7 Å². The van der Waals surface area contributed by atoms with Gasteiger partial charge in [0.25, 0.3) is 5.91 Å². The predicted molar refractivity (Wildman–Crippen MR) is 156 cm³/mol. The van der Waals surface area contributed by atoms with E-state index in [1.807, 2.05) is 6.92 Å². The van der Waals surface area contributed by atoms with Crippen LogP contribution in [0.15, 0.2) is 42.7 Å². The van der Waals surface area contributed by atoms with E-state index in [9.17, 15) is 27.2 Å². The van der Waals surface area contributed by atoms with Crippen LogP contribution in [0.3, 0.4) is 0 Å². The number of hydrogen-bond acceptors (Lipinski definition) is 5. The van der Waals surface area contributed by atoms with Crippen molar-refractivity contribution in [3.8, 4) is 0 Å². The van der Waals surface area contributed by atoms with E-state index < -0.39 is 47.0 Å². The summed E-state index contributed by atoms with van der Waals surface area (Å²) in [7, 11) is 1.70. The molecule has 5 rings (SSSR count). The molecule has 2 aliphatic rings. The molecule has 2 atom stereocenters. The number of anilines is 1. The zero-order valence-electron chi connectivity index (χ0n) is 25.7. The standard InChI is InChI=1S/C32H37F4N5O3/c1-19(33)26(27-38-37-18-39(27)6)21-9-7-10-22(15-21)40-17-24-23(28(40)42)13-20(14-25(24)32(34,35)36)16-41(31(5)11-8-12-31)29(43)44-30(2,3)4/h7,9-10,13-15,18-19,26H,8,11-12,16-17H2,1-6H3. The zero-order chi connectivity index (χ0) is 32.2. The van der Waals surface area contributed by atoms with Gasteiger partial charge in [0.15, 0.2) is 0 Å². The van der Waals surface area contributed by atoms with E-state index in [4.69, 9.17) is 4.74 Å². The highest BCUT2D eigenvalue weighted by molar-refractivity contribution is 6.10. The molecule has 44 heavy (non-hydrogen) atoms. The molecule has 0 bridgehead atoms. The summed E-state index contributed by atoms with van der Waals surface area (Å²) in [5.74, 6) is -1.02. The second-order valence-electron chi connectivity index (χ2n) is 13.0. The first kappa shape index (κ1) is 31.5. The summed E-state index contributed by atoms with van der Waals surface area (Å²) < 4.78 is 65.5. The lowest BCUT2D eigenvalue weighted by Gasteiger charge is -2.47. The van der Waals surface area contributed by atoms with Crippen LogP contribution < -0.4 is 4.90 Å². The summed E-state index contributed by atoms with van der Waals surface area (Å²) in [5, 5.41) is 7.90. The minimum atomic E-state index is -4.74. The smallest absolute Gasteiger partial charge is 0.416 e. The number of alkyl halides is 4. The fourth-order valence-electron chi connectivity index (χ4n) is 6.03. The van der Waals surface area contributed by atoms with Crippen LogP contribution in [0.4, 0.5) is 28.0 Å². The Morgan fingerprint density at radius 2 is 1.86 bits per heavy atom. The topological polar surface area (TPSA) is 80.6 Å². The van der Waals surface area contributed by atoms with Crippen molar-refractivity contribution >= 4 is 17.7 Å². The van der Waals surface area contributed by atoms with E-state index in [0.29, 0.717) is 29.9 Å². The Morgan fingerprint density at radius 1 is 1.16 bits per heavy atom. The number of halogens is 4. The van der Waals surface area contributed by atoms with Crippen molar-refractivity contribution in [1.82, 2.24) is 19.7 Å². The fraction of sp³-hybridized carbons (Fsp3) is 0.500. The van der Waals surface area contributed by atoms with Gasteiger partial charge in [-0.15, -0.1) is 10.2 Å². The van der Waals surface area contributed by atoms with E-state index in [1.165, 1.54) is 29.1 Å². The van der Waals surface area contributed by atoms with Crippen LogP contribution in [0.5, 0.6) is 0 Å². The Balaban J connectivity index is 1.51. The molecule has 0 saturated heterocycles. The van der Waals surface area contributed by atoms with E-state index in [-0.39, 0.29) is 29.8 Å². The molecule has 12 heteroatoms. The normalized spacial score (nSPS) is 17.6. The minimum Gasteiger partial charge on any atom is -0.444 e. The van der Waals surface area contributed by atoms with Gasteiger partial charge >= 0.3 is 12.3 Å². The quantitative estimate of drug-likeness (QED) is 0.264. The van der Waals surface area contributed by atoms with Gasteiger partial charge in [-0.3, -0.25) is 9.69 Å². The third-order valence-corrected chi connectivity index (χ3v) is 8.47. The van der Waals surface area contributed by atoms with E-state index >= 15 is 0 Å². The Morgan fingerprint density at radius 3 is 2.41 bits per heavy atom. The molecule has 0 radical (unpaired) electrons. The zero-order valence-corrected chi connectivity index (χ0v) is 25.7. The number of aromatic nitrogens is 3. The number of rotatable bonds is 7. The van der Waals surface area contributed by atoms with Gasteiger partial charge < -0.3 is 14.2 Å². The molecular weight excluding hydrogens is 578 g/mol. The van der Waals surface area contributed by atoms with Crippen LogP contribution in [-0.4, -0.2) is 49.0 Å². The number of hydrogen-bond donors (Lipinski definition) is 0. The molecule has 1 aliphatic heterocycles. The molecule has 3 aromatic rings. The summed E-state index contributed by atoms with van der Waals surface area (Å²) in [4.78, 5) is 29.7. The highest BCUT2D eigenvalue weighted by atomic mass is 19.4. The van der Waals surface area contributed by atoms with Gasteiger partial charge in [0.05, 0.1) is 18.0 Å². The number of nitrogens with zero attached hydrogens (tertiary/aromatic N) is 5. The highest BCUT2D eigenvalue weighted by Crippen LogP contribution is 2.43. The molecule has 2 heterocycles. The maximum Gasteiger partial charge on any atom is 0.416 e. The molecule has 2 aromatic carbocycles. The molecule has 236 valence electrons. The summed E-state index contributed by atoms with van der Waals surface area (Å²) in [6, 6.07) is 9.02. The number of ether oxygens (including phenoxy) is 1. The van der Waals surface area contributed by atoms with Gasteiger partial charge in [0, 0.05) is 30.4 Å². The highest BCUT2D eigenvalue weighted by Gasteiger charge is 2.44. The fourth-order valence-corrected chi connectivity index (χ4v) is 6.03. The average Bonchev–Trinajstić information content (AvgIpc) is 3.46. The second-order valence-corrected chi connectivity index (χ2v) is 13.0. The maximum atomic E-state index is 14.9. The van der Waals surface area contributed by atoms with Crippen LogP contribution in [0.25, 0.3) is 0 Å². The maximum absolute atomic E-state index is 14.9. The van der Waals surface area contributed by atoms with Crippen LogP contribution in [-0.2, 0) is 31.1 Å². The van der Waals surface area contributed by atoms with Crippen molar-refractivity contribution in [2.24, 2.45) is 7.05 Å².